The minimum atomic E-state index is -1.85. The molecule has 4 aliphatic rings. The highest BCUT2D eigenvalue weighted by atomic mass is 28.4. The SMILES string of the molecule is COCO[C@H]1C[C@@H]2C[C@@H](O[Si](C)(C)C)[C@H]3[C@](C#N)(COCc4ccccc4)CCC[C@]3(C)[C@]23CC[C@@]1(C)C3. The van der Waals surface area contributed by atoms with Crippen molar-refractivity contribution < 1.29 is 18.6 Å². The third-order valence-electron chi connectivity index (χ3n) is 11.1. The number of fused-ring (bicyclic) bond motifs is 2. The van der Waals surface area contributed by atoms with Crippen LogP contribution in [0.5, 0.6) is 0 Å². The molecule has 1 spiro atoms. The van der Waals surface area contributed by atoms with Crippen LogP contribution in [0.1, 0.15) is 70.8 Å². The van der Waals surface area contributed by atoms with Crippen LogP contribution in [0.2, 0.25) is 19.6 Å². The fourth-order valence-electron chi connectivity index (χ4n) is 9.74. The smallest absolute Gasteiger partial charge is 0.184 e. The van der Waals surface area contributed by atoms with Gasteiger partial charge in [0.1, 0.15) is 6.79 Å². The monoisotopic (exact) mass is 539 g/mol. The van der Waals surface area contributed by atoms with E-state index in [9.17, 15) is 5.26 Å². The number of hydrogen-bond acceptors (Lipinski definition) is 5. The molecule has 4 saturated carbocycles. The zero-order valence-corrected chi connectivity index (χ0v) is 25.6. The second-order valence-corrected chi connectivity index (χ2v) is 18.9. The van der Waals surface area contributed by atoms with Gasteiger partial charge in [0.2, 0.25) is 0 Å². The molecule has 4 aliphatic carbocycles. The topological polar surface area (TPSA) is 60.7 Å². The standard InChI is InChI=1S/C32H49NO4Si/c1-29-15-16-32(20-29)25(18-27(29)36-23-34-3)17-26(37-38(4,5)6)28-30(32,2)13-10-14-31(28,21-33)22-35-19-24-11-8-7-9-12-24/h7-9,11-12,25-28H,10,13-20,22-23H2,1-6H3/t25-,26+,27-,28+,29-,30-,31+,32-/m0/s1. The van der Waals surface area contributed by atoms with Crippen molar-refractivity contribution in [3.05, 3.63) is 35.9 Å². The Morgan fingerprint density at radius 2 is 1.79 bits per heavy atom. The van der Waals surface area contributed by atoms with Gasteiger partial charge >= 0.3 is 0 Å². The second-order valence-electron chi connectivity index (χ2n) is 14.5. The van der Waals surface area contributed by atoms with E-state index in [1.807, 2.05) is 6.07 Å². The lowest BCUT2D eigenvalue weighted by atomic mass is 9.37. The third-order valence-corrected chi connectivity index (χ3v) is 12.1. The summed E-state index contributed by atoms with van der Waals surface area (Å²) in [5, 5.41) is 11.0. The molecule has 5 nitrogen and oxygen atoms in total. The van der Waals surface area contributed by atoms with E-state index in [1.165, 1.54) is 25.7 Å². The van der Waals surface area contributed by atoms with Gasteiger partial charge in [-0.15, -0.1) is 0 Å². The molecule has 0 radical (unpaired) electrons. The predicted octanol–water partition coefficient (Wildman–Crippen LogP) is 7.33. The van der Waals surface area contributed by atoms with Crippen LogP contribution >= 0.6 is 0 Å². The van der Waals surface area contributed by atoms with E-state index >= 15 is 0 Å². The zero-order chi connectivity index (χ0) is 27.2. The first-order valence-corrected chi connectivity index (χ1v) is 18.2. The molecule has 1 aromatic carbocycles. The van der Waals surface area contributed by atoms with E-state index < -0.39 is 13.7 Å². The van der Waals surface area contributed by atoms with Gasteiger partial charge < -0.3 is 18.6 Å². The van der Waals surface area contributed by atoms with Crippen LogP contribution in [0, 0.1) is 44.8 Å². The Kier molecular flexibility index (Phi) is 7.68. The first-order chi connectivity index (χ1) is 18.0. The summed E-state index contributed by atoms with van der Waals surface area (Å²) >= 11 is 0. The first-order valence-electron chi connectivity index (χ1n) is 14.8. The first kappa shape index (κ1) is 28.3. The Labute approximate surface area is 231 Å². The normalized spacial score (nSPS) is 42.2. The maximum absolute atomic E-state index is 11.0. The number of methoxy groups -OCH3 is 1. The Bertz CT molecular complexity index is 1020. The van der Waals surface area contributed by atoms with Crippen LogP contribution < -0.4 is 0 Å². The van der Waals surface area contributed by atoms with E-state index in [0.717, 1.165) is 31.2 Å². The molecule has 38 heavy (non-hydrogen) atoms. The number of nitrogens with zero attached hydrogens (tertiary/aromatic N) is 1. The van der Waals surface area contributed by atoms with Crippen LogP contribution in [0.3, 0.4) is 0 Å². The van der Waals surface area contributed by atoms with Crippen LogP contribution in [0.15, 0.2) is 30.3 Å². The molecule has 8 atom stereocenters. The summed E-state index contributed by atoms with van der Waals surface area (Å²) in [6.07, 6.45) is 9.24. The van der Waals surface area contributed by atoms with Crippen LogP contribution in [-0.4, -0.2) is 41.0 Å². The van der Waals surface area contributed by atoms with Gasteiger partial charge in [0.05, 0.1) is 36.9 Å². The van der Waals surface area contributed by atoms with Crippen molar-refractivity contribution in [3.8, 4) is 6.07 Å². The fourth-order valence-corrected chi connectivity index (χ4v) is 10.9. The van der Waals surface area contributed by atoms with Gasteiger partial charge in [0.25, 0.3) is 0 Å². The van der Waals surface area contributed by atoms with Gasteiger partial charge in [-0.1, -0.05) is 50.6 Å². The van der Waals surface area contributed by atoms with Gasteiger partial charge in [-0.2, -0.15) is 5.26 Å². The van der Waals surface area contributed by atoms with E-state index in [4.69, 9.17) is 18.6 Å². The van der Waals surface area contributed by atoms with Crippen molar-refractivity contribution in [1.82, 2.24) is 0 Å². The van der Waals surface area contributed by atoms with Gasteiger partial charge in [-0.25, -0.2) is 0 Å². The van der Waals surface area contributed by atoms with Crippen molar-refractivity contribution in [2.24, 2.45) is 33.5 Å². The molecule has 5 rings (SSSR count). The van der Waals surface area contributed by atoms with E-state index in [0.29, 0.717) is 25.9 Å². The summed E-state index contributed by atoms with van der Waals surface area (Å²) in [6, 6.07) is 13.3. The van der Waals surface area contributed by atoms with Crippen molar-refractivity contribution >= 4 is 8.32 Å². The molecule has 2 bridgehead atoms. The molecule has 0 aromatic heterocycles. The fraction of sp³-hybridized carbons (Fsp3) is 0.781. The van der Waals surface area contributed by atoms with E-state index in [-0.39, 0.29) is 34.4 Å². The molecular formula is C32H49NO4Si. The van der Waals surface area contributed by atoms with E-state index in [2.05, 4.69) is 63.8 Å². The van der Waals surface area contributed by atoms with Crippen molar-refractivity contribution in [2.45, 2.75) is 104 Å². The average Bonchev–Trinajstić information content (AvgIpc) is 3.19. The Balaban J connectivity index is 1.50. The summed E-state index contributed by atoms with van der Waals surface area (Å²) in [4.78, 5) is 0. The molecule has 0 aliphatic heterocycles. The second kappa shape index (κ2) is 10.3. The molecular weight excluding hydrogens is 490 g/mol. The highest BCUT2D eigenvalue weighted by Crippen LogP contribution is 2.76. The van der Waals surface area contributed by atoms with Crippen LogP contribution in [0.25, 0.3) is 0 Å². The van der Waals surface area contributed by atoms with Crippen molar-refractivity contribution in [1.29, 1.82) is 5.26 Å². The molecule has 4 fully saturated rings. The molecule has 1 aromatic rings. The number of ether oxygens (including phenoxy) is 3. The summed E-state index contributed by atoms with van der Waals surface area (Å²) in [5.74, 6) is 0.744. The van der Waals surface area contributed by atoms with Gasteiger partial charge in [0.15, 0.2) is 8.32 Å². The molecule has 0 N–H and O–H groups in total. The van der Waals surface area contributed by atoms with Gasteiger partial charge in [-0.05, 0) is 92.3 Å². The Morgan fingerprint density at radius 3 is 2.47 bits per heavy atom. The van der Waals surface area contributed by atoms with Gasteiger partial charge in [0, 0.05) is 13.0 Å². The predicted molar refractivity (Wildman–Crippen MR) is 152 cm³/mol. The number of rotatable bonds is 9. The maximum atomic E-state index is 11.0. The minimum Gasteiger partial charge on any atom is -0.414 e. The lowest BCUT2D eigenvalue weighted by molar-refractivity contribution is -0.236. The third kappa shape index (κ3) is 4.71. The van der Waals surface area contributed by atoms with E-state index in [1.54, 1.807) is 7.11 Å². The summed E-state index contributed by atoms with van der Waals surface area (Å²) < 4.78 is 25.2. The number of benzene rings is 1. The Hall–Kier alpha value is -1.23. The molecule has 0 heterocycles. The zero-order valence-electron chi connectivity index (χ0n) is 24.6. The molecule has 0 unspecified atom stereocenters. The number of nitriles is 1. The Morgan fingerprint density at radius 1 is 1.03 bits per heavy atom. The summed E-state index contributed by atoms with van der Waals surface area (Å²) in [5.41, 5.74) is 1.10. The molecule has 6 heteroatoms. The highest BCUT2D eigenvalue weighted by Gasteiger charge is 2.73. The van der Waals surface area contributed by atoms with Crippen molar-refractivity contribution in [2.75, 3.05) is 20.5 Å². The van der Waals surface area contributed by atoms with Crippen LogP contribution in [-0.2, 0) is 25.2 Å². The highest BCUT2D eigenvalue weighted by molar-refractivity contribution is 6.69. The average molecular weight is 540 g/mol. The largest absolute Gasteiger partial charge is 0.414 e. The summed E-state index contributed by atoms with van der Waals surface area (Å²) in [6.45, 7) is 13.3. The van der Waals surface area contributed by atoms with Crippen molar-refractivity contribution in [3.63, 3.8) is 0 Å². The summed E-state index contributed by atoms with van der Waals surface area (Å²) in [7, 11) is -0.128. The lowest BCUT2D eigenvalue weighted by Crippen LogP contribution is -2.67. The maximum Gasteiger partial charge on any atom is 0.184 e. The quantitative estimate of drug-likeness (QED) is 0.243. The molecule has 0 amide bonds. The lowest BCUT2D eigenvalue weighted by Gasteiger charge is -2.68. The molecule has 210 valence electrons. The molecule has 0 saturated heterocycles. The van der Waals surface area contributed by atoms with Crippen LogP contribution in [0.4, 0.5) is 0 Å². The minimum absolute atomic E-state index is 0.0499. The number of hydrogen-bond donors (Lipinski definition) is 0. The van der Waals surface area contributed by atoms with Gasteiger partial charge in [-0.3, -0.25) is 0 Å².